The largest absolute Gasteiger partial charge is 0.465 e. The zero-order chi connectivity index (χ0) is 15.2. The normalized spacial score (nSPS) is 22.0. The number of hydrogen-bond donors (Lipinski definition) is 1. The van der Waals surface area contributed by atoms with Gasteiger partial charge in [-0.3, -0.25) is 9.59 Å². The number of hydrogen-bond acceptors (Lipinski definition) is 4. The van der Waals surface area contributed by atoms with Gasteiger partial charge in [0.2, 0.25) is 10.9 Å². The van der Waals surface area contributed by atoms with Gasteiger partial charge in [-0.05, 0) is 38.0 Å². The van der Waals surface area contributed by atoms with Crippen LogP contribution in [-0.2, 0) is 0 Å². The fraction of sp³-hybridized carbons (Fsp3) is 0.667. The second kappa shape index (κ2) is 4.86. The van der Waals surface area contributed by atoms with Crippen LogP contribution in [0.5, 0.6) is 0 Å². The molecule has 114 valence electrons. The monoisotopic (exact) mass is 292 g/mol. The van der Waals surface area contributed by atoms with Crippen molar-refractivity contribution in [3.8, 4) is 0 Å². The number of likely N-dealkylation sites (tertiary alicyclic amines) is 1. The molecule has 1 spiro atoms. The number of carboxylic acid groups (broad SMARTS) is 1. The summed E-state index contributed by atoms with van der Waals surface area (Å²) < 4.78 is 0. The zero-order valence-corrected chi connectivity index (χ0v) is 12.2. The zero-order valence-electron chi connectivity index (χ0n) is 12.2. The fourth-order valence-electron chi connectivity index (χ4n) is 3.75. The van der Waals surface area contributed by atoms with Crippen LogP contribution in [0.15, 0.2) is 9.59 Å². The van der Waals surface area contributed by atoms with E-state index in [1.165, 1.54) is 4.90 Å². The van der Waals surface area contributed by atoms with Crippen LogP contribution in [0.3, 0.4) is 0 Å². The van der Waals surface area contributed by atoms with Gasteiger partial charge in [0, 0.05) is 31.7 Å². The lowest BCUT2D eigenvalue weighted by Gasteiger charge is -2.47. The van der Waals surface area contributed by atoms with E-state index < -0.39 is 6.09 Å². The van der Waals surface area contributed by atoms with Crippen LogP contribution in [0.4, 0.5) is 10.5 Å². The number of carbonyl (C=O) groups is 1. The molecule has 0 aliphatic carbocycles. The first-order valence-corrected chi connectivity index (χ1v) is 7.46. The molecule has 0 unspecified atom stereocenters. The minimum atomic E-state index is -0.832. The minimum absolute atomic E-state index is 0.216. The van der Waals surface area contributed by atoms with Gasteiger partial charge in [0.25, 0.3) is 0 Å². The number of piperidine rings is 2. The van der Waals surface area contributed by atoms with E-state index >= 15 is 0 Å². The second-order valence-electron chi connectivity index (χ2n) is 6.39. The maximum atomic E-state index is 11.6. The molecule has 2 fully saturated rings. The Kier molecular flexibility index (Phi) is 3.26. The Hall–Kier alpha value is -1.85. The van der Waals surface area contributed by atoms with Crippen molar-refractivity contribution in [2.45, 2.75) is 32.6 Å². The molecule has 6 nitrogen and oxygen atoms in total. The highest BCUT2D eigenvalue weighted by Crippen LogP contribution is 2.42. The molecule has 2 heterocycles. The van der Waals surface area contributed by atoms with Crippen LogP contribution < -0.4 is 15.8 Å². The second-order valence-corrected chi connectivity index (χ2v) is 6.39. The van der Waals surface area contributed by atoms with E-state index in [0.717, 1.165) is 38.8 Å². The van der Waals surface area contributed by atoms with Gasteiger partial charge in [0.15, 0.2) is 0 Å². The highest BCUT2D eigenvalue weighted by Gasteiger charge is 2.39. The van der Waals surface area contributed by atoms with Crippen molar-refractivity contribution in [2.24, 2.45) is 5.41 Å². The van der Waals surface area contributed by atoms with Gasteiger partial charge in [-0.25, -0.2) is 4.79 Å². The molecular formula is C15H20N2O4. The Bertz CT molecular complexity index is 626. The summed E-state index contributed by atoms with van der Waals surface area (Å²) in [6.07, 6.45) is 2.91. The van der Waals surface area contributed by atoms with Crippen molar-refractivity contribution in [1.29, 1.82) is 0 Å². The molecule has 0 bridgehead atoms. The minimum Gasteiger partial charge on any atom is -0.465 e. The predicted octanol–water partition coefficient (Wildman–Crippen LogP) is 0.951. The molecule has 6 heteroatoms. The Morgan fingerprint density at radius 2 is 1.52 bits per heavy atom. The maximum Gasteiger partial charge on any atom is 0.407 e. The van der Waals surface area contributed by atoms with E-state index in [2.05, 4.69) is 0 Å². The van der Waals surface area contributed by atoms with E-state index in [-0.39, 0.29) is 16.3 Å². The van der Waals surface area contributed by atoms with Gasteiger partial charge in [0.1, 0.15) is 0 Å². The molecule has 1 aromatic rings. The van der Waals surface area contributed by atoms with Crippen molar-refractivity contribution < 1.29 is 9.90 Å². The summed E-state index contributed by atoms with van der Waals surface area (Å²) in [5.41, 5.74) is 0.729. The molecule has 2 saturated heterocycles. The summed E-state index contributed by atoms with van der Waals surface area (Å²) in [6, 6.07) is 0. The van der Waals surface area contributed by atoms with Crippen LogP contribution >= 0.6 is 0 Å². The van der Waals surface area contributed by atoms with Gasteiger partial charge in [-0.1, -0.05) is 0 Å². The average Bonchev–Trinajstić information content (AvgIpc) is 2.50. The van der Waals surface area contributed by atoms with E-state index in [1.54, 1.807) is 6.92 Å². The Morgan fingerprint density at radius 1 is 1.00 bits per heavy atom. The van der Waals surface area contributed by atoms with Crippen LogP contribution in [-0.4, -0.2) is 42.3 Å². The van der Waals surface area contributed by atoms with Crippen molar-refractivity contribution in [1.82, 2.24) is 4.90 Å². The van der Waals surface area contributed by atoms with Crippen molar-refractivity contribution in [3.63, 3.8) is 0 Å². The third-order valence-corrected chi connectivity index (χ3v) is 5.35. The average molecular weight is 292 g/mol. The summed E-state index contributed by atoms with van der Waals surface area (Å²) >= 11 is 0. The van der Waals surface area contributed by atoms with Gasteiger partial charge in [-0.2, -0.15) is 0 Å². The standard InChI is InChI=1S/C15H20N2O4/c1-10-11(13(19)12(10)18)16-6-2-15(3-7-16)4-8-17(9-5-15)14(20)21/h2-9H2,1H3,(H,20,21). The molecular weight excluding hydrogens is 272 g/mol. The summed E-state index contributed by atoms with van der Waals surface area (Å²) in [5, 5.41) is 9.00. The Balaban J connectivity index is 1.63. The highest BCUT2D eigenvalue weighted by molar-refractivity contribution is 5.65. The Morgan fingerprint density at radius 3 is 2.00 bits per heavy atom. The molecule has 21 heavy (non-hydrogen) atoms. The molecule has 3 rings (SSSR count). The van der Waals surface area contributed by atoms with Crippen molar-refractivity contribution >= 4 is 11.8 Å². The predicted molar refractivity (Wildman–Crippen MR) is 78.8 cm³/mol. The van der Waals surface area contributed by atoms with E-state index in [4.69, 9.17) is 5.11 Å². The summed E-state index contributed by atoms with van der Waals surface area (Å²) in [5.74, 6) is 0. The number of amides is 1. The number of anilines is 1. The molecule has 0 saturated carbocycles. The molecule has 0 atom stereocenters. The van der Waals surface area contributed by atoms with Crippen molar-refractivity contribution in [2.75, 3.05) is 31.1 Å². The van der Waals surface area contributed by atoms with E-state index in [1.807, 2.05) is 4.90 Å². The maximum absolute atomic E-state index is 11.6. The van der Waals surface area contributed by atoms with Crippen LogP contribution in [0.2, 0.25) is 0 Å². The lowest BCUT2D eigenvalue weighted by molar-refractivity contribution is 0.0735. The third kappa shape index (κ3) is 2.22. The van der Waals surface area contributed by atoms with Crippen LogP contribution in [0.25, 0.3) is 0 Å². The summed E-state index contributed by atoms with van der Waals surface area (Å²) in [6.45, 7) is 4.51. The van der Waals surface area contributed by atoms with Gasteiger partial charge in [0.05, 0.1) is 5.69 Å². The fourth-order valence-corrected chi connectivity index (χ4v) is 3.75. The first-order valence-electron chi connectivity index (χ1n) is 7.46. The smallest absolute Gasteiger partial charge is 0.407 e. The van der Waals surface area contributed by atoms with E-state index in [0.29, 0.717) is 24.3 Å². The Labute approximate surface area is 122 Å². The molecule has 1 aromatic carbocycles. The van der Waals surface area contributed by atoms with E-state index in [9.17, 15) is 14.4 Å². The molecule has 0 radical (unpaired) electrons. The SMILES string of the molecule is Cc1c(N2CCC3(CCN(C(=O)O)CC3)CC2)c(=O)c1=O. The van der Waals surface area contributed by atoms with Gasteiger partial charge < -0.3 is 14.9 Å². The number of rotatable bonds is 1. The topological polar surface area (TPSA) is 77.9 Å². The number of nitrogens with zero attached hydrogens (tertiary/aromatic N) is 2. The molecule has 2 aliphatic heterocycles. The summed E-state index contributed by atoms with van der Waals surface area (Å²) in [7, 11) is 0. The van der Waals surface area contributed by atoms with Gasteiger partial charge >= 0.3 is 6.09 Å². The first kappa shape index (κ1) is 14.1. The van der Waals surface area contributed by atoms with Crippen LogP contribution in [0, 0.1) is 12.3 Å². The molecule has 1 amide bonds. The molecule has 0 aromatic heterocycles. The molecule has 2 aliphatic rings. The van der Waals surface area contributed by atoms with Crippen LogP contribution in [0.1, 0.15) is 31.2 Å². The highest BCUT2D eigenvalue weighted by atomic mass is 16.4. The lowest BCUT2D eigenvalue weighted by atomic mass is 9.71. The third-order valence-electron chi connectivity index (χ3n) is 5.35. The van der Waals surface area contributed by atoms with Gasteiger partial charge in [-0.15, -0.1) is 0 Å². The summed E-state index contributed by atoms with van der Waals surface area (Å²) in [4.78, 5) is 37.4. The molecule has 1 N–H and O–H groups in total. The first-order chi connectivity index (χ1) is 9.93. The lowest BCUT2D eigenvalue weighted by Crippen LogP contribution is -2.51. The quantitative estimate of drug-likeness (QED) is 0.780. The van der Waals surface area contributed by atoms with Crippen molar-refractivity contribution in [3.05, 3.63) is 26.0 Å².